The highest BCUT2D eigenvalue weighted by atomic mass is 32.2. The van der Waals surface area contributed by atoms with Crippen LogP contribution in [0.3, 0.4) is 0 Å². The minimum Gasteiger partial charge on any atom is -0.431 e. The van der Waals surface area contributed by atoms with Crippen LogP contribution in [0.1, 0.15) is 30.9 Å². The van der Waals surface area contributed by atoms with E-state index in [0.29, 0.717) is 16.8 Å². The first-order valence-electron chi connectivity index (χ1n) is 6.99. The highest BCUT2D eigenvalue weighted by molar-refractivity contribution is 7.98. The molecule has 108 valence electrons. The second-order valence-corrected chi connectivity index (χ2v) is 6.32. The molecule has 0 radical (unpaired) electrons. The summed E-state index contributed by atoms with van der Waals surface area (Å²) in [5.74, 6) is 1.41. The number of nitrogens with two attached hydrogens (primary N) is 1. The zero-order valence-electron chi connectivity index (χ0n) is 12.2. The lowest BCUT2D eigenvalue weighted by Crippen LogP contribution is -1.88. The van der Waals surface area contributed by atoms with Crippen LogP contribution in [0.4, 0.5) is 5.69 Å². The molecule has 0 aliphatic rings. The van der Waals surface area contributed by atoms with Crippen molar-refractivity contribution in [2.45, 2.75) is 30.7 Å². The average molecular weight is 298 g/mol. The zero-order valence-corrected chi connectivity index (χ0v) is 13.0. The lowest BCUT2D eigenvalue weighted by Gasteiger charge is -2.05. The van der Waals surface area contributed by atoms with Crippen LogP contribution in [0.15, 0.2) is 52.1 Å². The van der Waals surface area contributed by atoms with Crippen molar-refractivity contribution in [3.63, 3.8) is 0 Å². The molecule has 21 heavy (non-hydrogen) atoms. The van der Waals surface area contributed by atoms with Crippen molar-refractivity contribution in [3.05, 3.63) is 53.6 Å². The Morgan fingerprint density at radius 2 is 1.90 bits per heavy atom. The third kappa shape index (κ3) is 3.22. The van der Waals surface area contributed by atoms with E-state index in [1.165, 1.54) is 11.1 Å². The van der Waals surface area contributed by atoms with E-state index in [4.69, 9.17) is 10.2 Å². The Morgan fingerprint density at radius 1 is 1.14 bits per heavy atom. The maximum absolute atomic E-state index is 5.74. The minimum atomic E-state index is 0.564. The first kappa shape index (κ1) is 14.0. The largest absolute Gasteiger partial charge is 0.431 e. The molecule has 2 N–H and O–H groups in total. The van der Waals surface area contributed by atoms with Crippen LogP contribution in [-0.4, -0.2) is 4.98 Å². The van der Waals surface area contributed by atoms with Gasteiger partial charge in [-0.1, -0.05) is 49.9 Å². The molecule has 0 fully saturated rings. The molecule has 0 saturated carbocycles. The van der Waals surface area contributed by atoms with Crippen LogP contribution in [-0.2, 0) is 5.75 Å². The Balaban J connectivity index is 1.71. The number of oxazole rings is 1. The number of thioether (sulfide) groups is 1. The molecule has 0 saturated heterocycles. The van der Waals surface area contributed by atoms with Gasteiger partial charge in [-0.2, -0.15) is 0 Å². The van der Waals surface area contributed by atoms with Gasteiger partial charge in [0.15, 0.2) is 5.58 Å². The number of hydrogen-bond acceptors (Lipinski definition) is 4. The van der Waals surface area contributed by atoms with Gasteiger partial charge < -0.3 is 10.2 Å². The zero-order chi connectivity index (χ0) is 14.8. The molecule has 1 aromatic heterocycles. The summed E-state index contributed by atoms with van der Waals surface area (Å²) in [6.45, 7) is 4.40. The smallest absolute Gasteiger partial charge is 0.257 e. The van der Waals surface area contributed by atoms with Crippen molar-refractivity contribution in [2.24, 2.45) is 0 Å². The number of fused-ring (bicyclic) bond motifs is 1. The van der Waals surface area contributed by atoms with Gasteiger partial charge in [0.05, 0.1) is 0 Å². The summed E-state index contributed by atoms with van der Waals surface area (Å²) in [4.78, 5) is 4.46. The van der Waals surface area contributed by atoms with Crippen molar-refractivity contribution in [1.29, 1.82) is 0 Å². The second kappa shape index (κ2) is 5.82. The van der Waals surface area contributed by atoms with E-state index in [1.54, 1.807) is 11.8 Å². The highest BCUT2D eigenvalue weighted by Crippen LogP contribution is 2.27. The maximum Gasteiger partial charge on any atom is 0.257 e. The summed E-state index contributed by atoms with van der Waals surface area (Å²) in [6.07, 6.45) is 0. The predicted octanol–water partition coefficient (Wildman–Crippen LogP) is 4.83. The third-order valence-corrected chi connectivity index (χ3v) is 4.30. The number of nitrogen functional groups attached to an aromatic ring is 1. The fraction of sp³-hybridized carbons (Fsp3) is 0.235. The van der Waals surface area contributed by atoms with Gasteiger partial charge in [0, 0.05) is 17.5 Å². The molecule has 0 atom stereocenters. The monoisotopic (exact) mass is 298 g/mol. The van der Waals surface area contributed by atoms with Crippen LogP contribution < -0.4 is 5.73 Å². The van der Waals surface area contributed by atoms with Crippen molar-refractivity contribution >= 4 is 28.5 Å². The van der Waals surface area contributed by atoms with Gasteiger partial charge >= 0.3 is 0 Å². The van der Waals surface area contributed by atoms with E-state index >= 15 is 0 Å². The van der Waals surface area contributed by atoms with Gasteiger partial charge in [0.1, 0.15) is 5.52 Å². The quantitative estimate of drug-likeness (QED) is 0.554. The number of aromatic nitrogens is 1. The Bertz CT molecular complexity index is 747. The van der Waals surface area contributed by atoms with Crippen molar-refractivity contribution in [1.82, 2.24) is 4.98 Å². The molecule has 4 heteroatoms. The van der Waals surface area contributed by atoms with Gasteiger partial charge in [0.2, 0.25) is 0 Å². The standard InChI is InChI=1S/C17H18N2OS/c1-11(2)13-5-3-12(4-6-13)10-21-17-19-15-8-7-14(18)9-16(15)20-17/h3-9,11H,10,18H2,1-2H3. The molecule has 0 amide bonds. The summed E-state index contributed by atoms with van der Waals surface area (Å²) >= 11 is 1.60. The van der Waals surface area contributed by atoms with Crippen LogP contribution >= 0.6 is 11.8 Å². The predicted molar refractivity (Wildman–Crippen MR) is 88.5 cm³/mol. The molecule has 3 nitrogen and oxygen atoms in total. The second-order valence-electron chi connectivity index (χ2n) is 5.39. The van der Waals surface area contributed by atoms with Gasteiger partial charge in [-0.3, -0.25) is 0 Å². The van der Waals surface area contributed by atoms with E-state index in [-0.39, 0.29) is 0 Å². The van der Waals surface area contributed by atoms with E-state index in [0.717, 1.165) is 16.9 Å². The molecular formula is C17H18N2OS. The summed E-state index contributed by atoms with van der Waals surface area (Å²) in [6, 6.07) is 14.2. The lowest BCUT2D eigenvalue weighted by atomic mass is 10.0. The number of hydrogen-bond donors (Lipinski definition) is 1. The number of anilines is 1. The van der Waals surface area contributed by atoms with Gasteiger partial charge in [-0.15, -0.1) is 0 Å². The van der Waals surface area contributed by atoms with Crippen LogP contribution in [0.5, 0.6) is 0 Å². The van der Waals surface area contributed by atoms with Crippen molar-refractivity contribution in [3.8, 4) is 0 Å². The Morgan fingerprint density at radius 3 is 2.62 bits per heavy atom. The fourth-order valence-electron chi connectivity index (χ4n) is 2.13. The van der Waals surface area contributed by atoms with E-state index in [9.17, 15) is 0 Å². The van der Waals surface area contributed by atoms with Gasteiger partial charge in [-0.25, -0.2) is 4.98 Å². The molecule has 3 rings (SSSR count). The van der Waals surface area contributed by atoms with Crippen molar-refractivity contribution in [2.75, 3.05) is 5.73 Å². The lowest BCUT2D eigenvalue weighted by molar-refractivity contribution is 0.489. The van der Waals surface area contributed by atoms with E-state index in [1.807, 2.05) is 18.2 Å². The molecule has 0 aliphatic carbocycles. The molecule has 3 aromatic rings. The van der Waals surface area contributed by atoms with Gasteiger partial charge in [0.25, 0.3) is 5.22 Å². The number of rotatable bonds is 4. The SMILES string of the molecule is CC(C)c1ccc(CSc2nc3ccc(N)cc3o2)cc1. The molecular weight excluding hydrogens is 280 g/mol. The Labute approximate surface area is 128 Å². The van der Waals surface area contributed by atoms with E-state index < -0.39 is 0 Å². The maximum atomic E-state index is 5.74. The van der Waals surface area contributed by atoms with Gasteiger partial charge in [-0.05, 0) is 29.2 Å². The number of benzene rings is 2. The first-order chi connectivity index (χ1) is 10.1. The van der Waals surface area contributed by atoms with Crippen LogP contribution in [0.2, 0.25) is 0 Å². The average Bonchev–Trinajstić information content (AvgIpc) is 2.87. The molecule has 1 heterocycles. The van der Waals surface area contributed by atoms with Crippen LogP contribution in [0, 0.1) is 0 Å². The van der Waals surface area contributed by atoms with Crippen LogP contribution in [0.25, 0.3) is 11.1 Å². The summed E-state index contributed by atoms with van der Waals surface area (Å²) in [5, 5.41) is 0.684. The minimum absolute atomic E-state index is 0.564. The molecule has 0 unspecified atom stereocenters. The normalized spacial score (nSPS) is 11.4. The Hall–Kier alpha value is -1.94. The molecule has 0 aliphatic heterocycles. The molecule has 2 aromatic carbocycles. The summed E-state index contributed by atoms with van der Waals surface area (Å²) in [5.41, 5.74) is 10.7. The topological polar surface area (TPSA) is 52.0 Å². The highest BCUT2D eigenvalue weighted by Gasteiger charge is 2.07. The van der Waals surface area contributed by atoms with Crippen molar-refractivity contribution < 1.29 is 4.42 Å². The number of nitrogens with zero attached hydrogens (tertiary/aromatic N) is 1. The first-order valence-corrected chi connectivity index (χ1v) is 7.98. The summed E-state index contributed by atoms with van der Waals surface area (Å²) in [7, 11) is 0. The molecule has 0 bridgehead atoms. The fourth-order valence-corrected chi connectivity index (χ4v) is 2.92. The van der Waals surface area contributed by atoms with E-state index in [2.05, 4.69) is 43.1 Å². The summed E-state index contributed by atoms with van der Waals surface area (Å²) < 4.78 is 5.70. The molecule has 0 spiro atoms. The third-order valence-electron chi connectivity index (χ3n) is 3.40. The Kier molecular flexibility index (Phi) is 3.88.